The van der Waals surface area contributed by atoms with Crippen molar-refractivity contribution in [2.75, 3.05) is 12.0 Å². The molecule has 0 aliphatic heterocycles. The molecular weight excluding hydrogens is 279 g/mol. The fourth-order valence-electron chi connectivity index (χ4n) is 1.74. The summed E-state index contributed by atoms with van der Waals surface area (Å²) < 4.78 is 13.2. The summed E-state index contributed by atoms with van der Waals surface area (Å²) in [5.41, 5.74) is 0.988. The van der Waals surface area contributed by atoms with Crippen molar-refractivity contribution >= 4 is 17.8 Å². The van der Waals surface area contributed by atoms with Crippen LogP contribution in [0.25, 0.3) is 0 Å². The van der Waals surface area contributed by atoms with Crippen LogP contribution in [0.3, 0.4) is 0 Å². The second-order valence-corrected chi connectivity index (χ2v) is 5.38. The lowest BCUT2D eigenvalue weighted by atomic mass is 10.1. The lowest BCUT2D eigenvalue weighted by molar-refractivity contribution is 0.237. The van der Waals surface area contributed by atoms with Gasteiger partial charge in [0.15, 0.2) is 0 Å². The van der Waals surface area contributed by atoms with Crippen LogP contribution in [0.15, 0.2) is 18.2 Å². The largest absolute Gasteiger partial charge is 0.392 e. The van der Waals surface area contributed by atoms with Crippen molar-refractivity contribution < 1.29 is 14.3 Å². The van der Waals surface area contributed by atoms with E-state index >= 15 is 0 Å². The number of carbonyl (C=O) groups is 1. The number of benzene rings is 1. The second kappa shape index (κ2) is 8.81. The highest BCUT2D eigenvalue weighted by Crippen LogP contribution is 2.10. The predicted octanol–water partition coefficient (Wildman–Crippen LogP) is 2.26. The molecule has 1 unspecified atom stereocenters. The van der Waals surface area contributed by atoms with Gasteiger partial charge in [0.1, 0.15) is 5.82 Å². The van der Waals surface area contributed by atoms with E-state index in [1.165, 1.54) is 6.07 Å². The van der Waals surface area contributed by atoms with Crippen molar-refractivity contribution in [3.8, 4) is 0 Å². The number of hydrogen-bond donors (Lipinski definition) is 3. The van der Waals surface area contributed by atoms with Gasteiger partial charge in [0.25, 0.3) is 0 Å². The quantitative estimate of drug-likeness (QED) is 0.724. The summed E-state index contributed by atoms with van der Waals surface area (Å²) in [6, 6.07) is 4.35. The Balaban J connectivity index is 2.48. The number of urea groups is 1. The van der Waals surface area contributed by atoms with Crippen molar-refractivity contribution in [2.24, 2.45) is 0 Å². The van der Waals surface area contributed by atoms with Crippen LogP contribution in [0.4, 0.5) is 9.18 Å². The van der Waals surface area contributed by atoms with Crippen molar-refractivity contribution in [3.63, 3.8) is 0 Å². The third kappa shape index (κ3) is 5.38. The van der Waals surface area contributed by atoms with Gasteiger partial charge in [-0.1, -0.05) is 13.0 Å². The Morgan fingerprint density at radius 1 is 1.50 bits per heavy atom. The number of rotatable bonds is 7. The van der Waals surface area contributed by atoms with E-state index in [9.17, 15) is 9.18 Å². The van der Waals surface area contributed by atoms with Gasteiger partial charge in [-0.3, -0.25) is 0 Å². The van der Waals surface area contributed by atoms with E-state index in [0.29, 0.717) is 6.54 Å². The summed E-state index contributed by atoms with van der Waals surface area (Å²) in [4.78, 5) is 11.7. The fourth-order valence-corrected chi connectivity index (χ4v) is 2.46. The van der Waals surface area contributed by atoms with E-state index in [1.54, 1.807) is 23.9 Å². The topological polar surface area (TPSA) is 61.4 Å². The lowest BCUT2D eigenvalue weighted by Crippen LogP contribution is -2.42. The van der Waals surface area contributed by atoms with Crippen molar-refractivity contribution in [3.05, 3.63) is 35.1 Å². The zero-order valence-electron chi connectivity index (χ0n) is 11.8. The minimum absolute atomic E-state index is 0.145. The van der Waals surface area contributed by atoms with Crippen LogP contribution < -0.4 is 10.6 Å². The molecule has 3 N–H and O–H groups in total. The normalized spacial score (nSPS) is 12.0. The van der Waals surface area contributed by atoms with E-state index in [2.05, 4.69) is 10.6 Å². The van der Waals surface area contributed by atoms with Crippen LogP contribution in [0.5, 0.6) is 0 Å². The molecule has 1 rings (SSSR count). The molecule has 0 aliphatic carbocycles. The molecule has 0 bridgehead atoms. The van der Waals surface area contributed by atoms with Crippen LogP contribution in [0.1, 0.15) is 24.5 Å². The SMILES string of the molecule is CCC(CSC)NC(=O)NCc1ccc(F)c(CO)c1. The van der Waals surface area contributed by atoms with Crippen LogP contribution in [-0.2, 0) is 13.2 Å². The molecule has 0 aliphatic rings. The highest BCUT2D eigenvalue weighted by Gasteiger charge is 2.09. The number of amides is 2. The zero-order chi connectivity index (χ0) is 15.0. The summed E-state index contributed by atoms with van der Waals surface area (Å²) >= 11 is 1.69. The predicted molar refractivity (Wildman–Crippen MR) is 80.2 cm³/mol. The summed E-state index contributed by atoms with van der Waals surface area (Å²) in [5.74, 6) is 0.432. The molecule has 0 spiro atoms. The number of nitrogens with one attached hydrogen (secondary N) is 2. The molecule has 0 radical (unpaired) electrons. The first-order valence-electron chi connectivity index (χ1n) is 6.52. The molecule has 0 saturated carbocycles. The van der Waals surface area contributed by atoms with Gasteiger partial charge in [0, 0.05) is 23.9 Å². The van der Waals surface area contributed by atoms with Gasteiger partial charge in [-0.15, -0.1) is 0 Å². The van der Waals surface area contributed by atoms with Crippen LogP contribution in [0, 0.1) is 5.82 Å². The number of thioether (sulfide) groups is 1. The van der Waals surface area contributed by atoms with Crippen LogP contribution in [0.2, 0.25) is 0 Å². The Hall–Kier alpha value is -1.27. The fraction of sp³-hybridized carbons (Fsp3) is 0.500. The van der Waals surface area contributed by atoms with Gasteiger partial charge in [0.2, 0.25) is 0 Å². The molecule has 1 aromatic carbocycles. The lowest BCUT2D eigenvalue weighted by Gasteiger charge is -2.16. The molecule has 20 heavy (non-hydrogen) atoms. The number of halogens is 1. The molecule has 0 heterocycles. The average Bonchev–Trinajstić information content (AvgIpc) is 2.45. The minimum atomic E-state index is -0.438. The highest BCUT2D eigenvalue weighted by molar-refractivity contribution is 7.98. The maximum atomic E-state index is 13.2. The first-order valence-corrected chi connectivity index (χ1v) is 7.91. The second-order valence-electron chi connectivity index (χ2n) is 4.47. The molecule has 0 fully saturated rings. The number of hydrogen-bond acceptors (Lipinski definition) is 3. The van der Waals surface area contributed by atoms with E-state index < -0.39 is 5.82 Å². The average molecular weight is 300 g/mol. The number of carbonyl (C=O) groups excluding carboxylic acids is 1. The first kappa shape index (κ1) is 16.8. The number of aliphatic hydroxyl groups excluding tert-OH is 1. The van der Waals surface area contributed by atoms with Crippen molar-refractivity contribution in [1.82, 2.24) is 10.6 Å². The molecule has 1 atom stereocenters. The first-order chi connectivity index (χ1) is 9.60. The van der Waals surface area contributed by atoms with Gasteiger partial charge in [-0.25, -0.2) is 9.18 Å². The van der Waals surface area contributed by atoms with Crippen LogP contribution in [-0.4, -0.2) is 29.2 Å². The van der Waals surface area contributed by atoms with Gasteiger partial charge in [-0.2, -0.15) is 11.8 Å². The molecule has 6 heteroatoms. The molecule has 1 aromatic rings. The molecular formula is C14H21FN2O2S. The van der Waals surface area contributed by atoms with E-state index in [0.717, 1.165) is 17.7 Å². The van der Waals surface area contributed by atoms with Gasteiger partial charge < -0.3 is 15.7 Å². The standard InChI is InChI=1S/C14H21FN2O2S/c1-3-12(9-20-2)17-14(19)16-7-10-4-5-13(15)11(6-10)8-18/h4-6,12,18H,3,7-9H2,1-2H3,(H2,16,17,19). The van der Waals surface area contributed by atoms with E-state index in [-0.39, 0.29) is 24.2 Å². The van der Waals surface area contributed by atoms with Crippen molar-refractivity contribution in [1.29, 1.82) is 0 Å². The third-order valence-electron chi connectivity index (χ3n) is 2.93. The maximum absolute atomic E-state index is 13.2. The van der Waals surface area contributed by atoms with Gasteiger partial charge in [0.05, 0.1) is 6.61 Å². The Kier molecular flexibility index (Phi) is 7.40. The zero-order valence-corrected chi connectivity index (χ0v) is 12.6. The highest BCUT2D eigenvalue weighted by atomic mass is 32.2. The van der Waals surface area contributed by atoms with Crippen molar-refractivity contribution in [2.45, 2.75) is 32.5 Å². The Morgan fingerprint density at radius 2 is 2.25 bits per heavy atom. The Morgan fingerprint density at radius 3 is 2.85 bits per heavy atom. The van der Waals surface area contributed by atoms with Gasteiger partial charge >= 0.3 is 6.03 Å². The van der Waals surface area contributed by atoms with E-state index in [4.69, 9.17) is 5.11 Å². The Labute approximate surface area is 123 Å². The third-order valence-corrected chi connectivity index (χ3v) is 3.67. The molecule has 2 amide bonds. The Bertz CT molecular complexity index is 443. The maximum Gasteiger partial charge on any atom is 0.315 e. The summed E-state index contributed by atoms with van der Waals surface area (Å²) in [7, 11) is 0. The summed E-state index contributed by atoms with van der Waals surface area (Å²) in [6.45, 7) is 1.97. The smallest absolute Gasteiger partial charge is 0.315 e. The molecule has 0 aromatic heterocycles. The van der Waals surface area contributed by atoms with E-state index in [1.807, 2.05) is 13.2 Å². The molecule has 112 valence electrons. The monoisotopic (exact) mass is 300 g/mol. The minimum Gasteiger partial charge on any atom is -0.392 e. The molecule has 4 nitrogen and oxygen atoms in total. The summed E-state index contributed by atoms with van der Waals surface area (Å²) in [5, 5.41) is 14.6. The summed E-state index contributed by atoms with van der Waals surface area (Å²) in [6.07, 6.45) is 2.87. The van der Waals surface area contributed by atoms with Gasteiger partial charge in [-0.05, 0) is 30.4 Å². The van der Waals surface area contributed by atoms with Crippen LogP contribution >= 0.6 is 11.8 Å². The number of aliphatic hydroxyl groups is 1. The molecule has 0 saturated heterocycles.